The summed E-state index contributed by atoms with van der Waals surface area (Å²) in [6, 6.07) is 15.4. The molecule has 12 nitrogen and oxygen atoms in total. The Labute approximate surface area is 305 Å². The average molecular weight is 697 g/mol. The van der Waals surface area contributed by atoms with Crippen LogP contribution in [0.5, 0.6) is 0 Å². The first-order valence-electron chi connectivity index (χ1n) is 16.1. The maximum atomic E-state index is 13.6. The van der Waals surface area contributed by atoms with Gasteiger partial charge < -0.3 is 29.8 Å². The van der Waals surface area contributed by atoms with E-state index in [0.29, 0.717) is 28.5 Å². The second kappa shape index (κ2) is 14.9. The molecule has 6 rings (SSSR count). The number of rotatable bonds is 11. The van der Waals surface area contributed by atoms with Crippen LogP contribution in [0.4, 0.5) is 0 Å². The summed E-state index contributed by atoms with van der Waals surface area (Å²) in [6.45, 7) is 3.81. The Morgan fingerprint density at radius 1 is 1.04 bits per heavy atom. The van der Waals surface area contributed by atoms with E-state index in [0.717, 1.165) is 21.2 Å². The summed E-state index contributed by atoms with van der Waals surface area (Å²) in [5, 5.41) is 17.5. The molecule has 0 saturated carbocycles. The van der Waals surface area contributed by atoms with Gasteiger partial charge in [-0.25, -0.2) is 4.79 Å². The van der Waals surface area contributed by atoms with Crippen molar-refractivity contribution in [2.75, 3.05) is 6.54 Å². The minimum Gasteiger partial charge on any atom is -0.778 e. The molecule has 6 atom stereocenters. The third-order valence-corrected chi connectivity index (χ3v) is 10.9. The number of para-hydroxylation sites is 1. The fourth-order valence-corrected chi connectivity index (χ4v) is 8.72. The molecule has 3 amide bonds. The SMILES string of the molecule is CC(C)C[C@H]1C[C@H](C(=O)N[C@@H](Cc2c[nH]c3ccccc23)C(=O)O)N[C@H](P(=O)([O-])O)[C@@H]1CCN1C(=O)c2cccc3cccc(c23)C1=O.[Na+]. The van der Waals surface area contributed by atoms with Crippen LogP contribution >= 0.6 is 7.60 Å². The molecule has 1 fully saturated rings. The Bertz CT molecular complexity index is 1910. The summed E-state index contributed by atoms with van der Waals surface area (Å²) in [7, 11) is -5.12. The number of imide groups is 1. The van der Waals surface area contributed by atoms with E-state index in [1.54, 1.807) is 30.5 Å². The van der Waals surface area contributed by atoms with Crippen LogP contribution in [0.2, 0.25) is 0 Å². The molecule has 0 bridgehead atoms. The largest absolute Gasteiger partial charge is 1.00 e. The molecule has 2 aliphatic rings. The number of carbonyl (C=O) groups is 4. The van der Waals surface area contributed by atoms with Crippen LogP contribution in [-0.4, -0.2) is 68.0 Å². The number of piperidine rings is 1. The van der Waals surface area contributed by atoms with Gasteiger partial charge in [-0.1, -0.05) is 56.3 Å². The molecule has 4 aromatic rings. The molecule has 2 aliphatic heterocycles. The Balaban J connectivity index is 0.00000468. The Hall–Kier alpha value is -3.35. The summed E-state index contributed by atoms with van der Waals surface area (Å²) in [4.78, 5) is 80.4. The van der Waals surface area contributed by atoms with Gasteiger partial charge in [0.25, 0.3) is 11.8 Å². The van der Waals surface area contributed by atoms with Crippen LogP contribution in [0.1, 0.15) is 59.4 Å². The zero-order valence-corrected chi connectivity index (χ0v) is 30.5. The van der Waals surface area contributed by atoms with Crippen LogP contribution in [0.15, 0.2) is 66.9 Å². The van der Waals surface area contributed by atoms with Crippen molar-refractivity contribution in [3.05, 3.63) is 83.6 Å². The third kappa shape index (κ3) is 7.56. The van der Waals surface area contributed by atoms with Crippen molar-refractivity contribution in [1.29, 1.82) is 0 Å². The topological polar surface area (TPSA) is 192 Å². The van der Waals surface area contributed by atoms with Crippen LogP contribution in [-0.2, 0) is 20.6 Å². The minimum atomic E-state index is -5.12. The molecular weight excluding hydrogens is 658 g/mol. The number of aromatic nitrogens is 1. The number of fused-ring (bicyclic) bond motifs is 1. The number of amides is 3. The molecule has 252 valence electrons. The van der Waals surface area contributed by atoms with Crippen LogP contribution in [0.3, 0.4) is 0 Å². The fourth-order valence-electron chi connectivity index (χ4n) is 7.48. The van der Waals surface area contributed by atoms with Crippen molar-refractivity contribution in [3.8, 4) is 0 Å². The van der Waals surface area contributed by atoms with Gasteiger partial charge in [-0.15, -0.1) is 0 Å². The van der Waals surface area contributed by atoms with Gasteiger partial charge in [0.05, 0.1) is 11.8 Å². The molecule has 3 aromatic carbocycles. The van der Waals surface area contributed by atoms with E-state index >= 15 is 0 Å². The number of carbonyl (C=O) groups excluding carboxylic acids is 3. The van der Waals surface area contributed by atoms with E-state index in [1.165, 1.54) is 0 Å². The first-order chi connectivity index (χ1) is 22.8. The van der Waals surface area contributed by atoms with Gasteiger partial charge in [-0.2, -0.15) is 0 Å². The number of H-pyrrole nitrogens is 1. The summed E-state index contributed by atoms with van der Waals surface area (Å²) in [5.41, 5.74) is 2.29. The van der Waals surface area contributed by atoms with Crippen LogP contribution in [0.25, 0.3) is 21.7 Å². The van der Waals surface area contributed by atoms with E-state index in [1.807, 2.05) is 50.2 Å². The Morgan fingerprint density at radius 3 is 2.31 bits per heavy atom. The fraction of sp³-hybridized carbons (Fsp3) is 0.371. The van der Waals surface area contributed by atoms with Gasteiger partial charge in [0, 0.05) is 46.6 Å². The quantitative estimate of drug-likeness (QED) is 0.0851. The predicted octanol–water partition coefficient (Wildman–Crippen LogP) is 0.636. The molecule has 3 heterocycles. The number of hydrogen-bond donors (Lipinski definition) is 5. The van der Waals surface area contributed by atoms with Gasteiger partial charge in [0.2, 0.25) is 5.91 Å². The number of carboxylic acids is 1. The number of hydrogen-bond acceptors (Lipinski definition) is 7. The maximum Gasteiger partial charge on any atom is 1.00 e. The number of nitrogens with one attached hydrogen (secondary N) is 3. The molecular formula is C35H38N4NaO8P. The van der Waals surface area contributed by atoms with Crippen molar-refractivity contribution in [2.45, 2.75) is 57.4 Å². The number of carboxylic acid groups (broad SMARTS) is 1. The first kappa shape index (κ1) is 36.9. The Kier molecular flexibility index (Phi) is 11.2. The van der Waals surface area contributed by atoms with Crippen molar-refractivity contribution in [1.82, 2.24) is 20.5 Å². The standard InChI is InChI=1S/C35H39N4O8P.Na/c1-19(2)15-21-16-28(31(40)37-29(35(43)44)17-22-18-36-27-12-4-3-9-23(22)27)38-32(48(45,46)47)24(21)13-14-39-33(41)25-10-5-7-20-8-6-11-26(30(20)25)34(39)42;/h3-12,18-19,21,24,28-29,32,36,38H,13-17H2,1-2H3,(H,37,40)(H,43,44)(H2,45,46,47);/q;+1/p-1/t21-,24+,28+,29-,32+;/m0./s1. The van der Waals surface area contributed by atoms with Gasteiger partial charge >= 0.3 is 35.5 Å². The zero-order chi connectivity index (χ0) is 34.3. The van der Waals surface area contributed by atoms with Crippen molar-refractivity contribution < 1.29 is 68.2 Å². The number of aromatic amines is 1. The van der Waals surface area contributed by atoms with Crippen molar-refractivity contribution in [3.63, 3.8) is 0 Å². The smallest absolute Gasteiger partial charge is 0.778 e. The number of aliphatic carboxylic acids is 1. The van der Waals surface area contributed by atoms with E-state index in [2.05, 4.69) is 15.6 Å². The minimum absolute atomic E-state index is 0. The van der Waals surface area contributed by atoms with Crippen LogP contribution in [0, 0.1) is 17.8 Å². The van der Waals surface area contributed by atoms with E-state index < -0.39 is 61.0 Å². The molecule has 0 radical (unpaired) electrons. The second-order valence-corrected chi connectivity index (χ2v) is 14.9. The first-order valence-corrected chi connectivity index (χ1v) is 17.7. The Morgan fingerprint density at radius 2 is 1.69 bits per heavy atom. The normalized spacial score (nSPS) is 22.5. The molecule has 1 saturated heterocycles. The van der Waals surface area contributed by atoms with Crippen molar-refractivity contribution >= 4 is 53.0 Å². The van der Waals surface area contributed by atoms with E-state index in [4.69, 9.17) is 0 Å². The van der Waals surface area contributed by atoms with Gasteiger partial charge in [-0.3, -0.25) is 24.6 Å². The summed E-state index contributed by atoms with van der Waals surface area (Å²) in [6.07, 6.45) is 2.41. The summed E-state index contributed by atoms with van der Waals surface area (Å²) >= 11 is 0. The molecule has 0 aliphatic carbocycles. The maximum absolute atomic E-state index is 13.6. The molecule has 14 heteroatoms. The molecule has 5 N–H and O–H groups in total. The molecule has 49 heavy (non-hydrogen) atoms. The van der Waals surface area contributed by atoms with E-state index in [-0.39, 0.29) is 61.3 Å². The third-order valence-electron chi connectivity index (χ3n) is 9.62. The van der Waals surface area contributed by atoms with E-state index in [9.17, 15) is 38.6 Å². The predicted molar refractivity (Wildman–Crippen MR) is 177 cm³/mol. The zero-order valence-electron chi connectivity index (χ0n) is 27.6. The summed E-state index contributed by atoms with van der Waals surface area (Å²) in [5.74, 6) is -5.54. The summed E-state index contributed by atoms with van der Waals surface area (Å²) < 4.78 is 12.9. The van der Waals surface area contributed by atoms with Gasteiger partial charge in [0.15, 0.2) is 0 Å². The van der Waals surface area contributed by atoms with Crippen molar-refractivity contribution in [2.24, 2.45) is 17.8 Å². The van der Waals surface area contributed by atoms with Crippen LogP contribution < -0.4 is 45.1 Å². The average Bonchev–Trinajstić information content (AvgIpc) is 3.45. The number of benzene rings is 3. The second-order valence-electron chi connectivity index (χ2n) is 13.2. The molecule has 1 aromatic heterocycles. The number of nitrogens with zero attached hydrogens (tertiary/aromatic N) is 1. The van der Waals surface area contributed by atoms with Gasteiger partial charge in [0.1, 0.15) is 13.6 Å². The molecule has 1 unspecified atom stereocenters. The molecule has 0 spiro atoms. The van der Waals surface area contributed by atoms with Gasteiger partial charge in [-0.05, 0) is 66.2 Å². The monoisotopic (exact) mass is 696 g/mol.